The van der Waals surface area contributed by atoms with E-state index < -0.39 is 5.97 Å². The molecule has 0 aliphatic rings. The molecule has 0 aliphatic heterocycles. The summed E-state index contributed by atoms with van der Waals surface area (Å²) in [4.78, 5) is 22.6. The molecule has 0 aliphatic carbocycles. The summed E-state index contributed by atoms with van der Waals surface area (Å²) < 4.78 is 5.07. The van der Waals surface area contributed by atoms with Gasteiger partial charge in [-0.25, -0.2) is 4.79 Å². The van der Waals surface area contributed by atoms with E-state index >= 15 is 0 Å². The first kappa shape index (κ1) is 11.9. The summed E-state index contributed by atoms with van der Waals surface area (Å²) in [6.45, 7) is 0. The Morgan fingerprint density at radius 3 is 2.50 bits per heavy atom. The lowest BCUT2D eigenvalue weighted by atomic mass is 10.2. The number of aromatic hydroxyl groups is 1. The number of carbonyl (C=O) groups excluding carboxylic acids is 2. The summed E-state index contributed by atoms with van der Waals surface area (Å²) in [5.41, 5.74) is 0.578. The minimum atomic E-state index is -0.579. The zero-order chi connectivity index (χ0) is 13.0. The van der Waals surface area contributed by atoms with Crippen LogP contribution >= 0.6 is 0 Å². The van der Waals surface area contributed by atoms with E-state index in [1.54, 1.807) is 30.3 Å². The molecule has 0 bridgehead atoms. The van der Waals surface area contributed by atoms with Crippen LogP contribution in [0.15, 0.2) is 48.5 Å². The molecule has 0 unspecified atom stereocenters. The van der Waals surface area contributed by atoms with Gasteiger partial charge in [-0.2, -0.15) is 0 Å². The monoisotopic (exact) mass is 242 g/mol. The van der Waals surface area contributed by atoms with Crippen molar-refractivity contribution in [2.75, 3.05) is 0 Å². The second-order valence-corrected chi connectivity index (χ2v) is 3.60. The van der Waals surface area contributed by atoms with Gasteiger partial charge in [-0.3, -0.25) is 4.79 Å². The van der Waals surface area contributed by atoms with Crippen LogP contribution in [0.25, 0.3) is 0 Å². The first-order chi connectivity index (χ1) is 8.70. The van der Waals surface area contributed by atoms with Gasteiger partial charge in [-0.05, 0) is 24.3 Å². The highest BCUT2D eigenvalue weighted by molar-refractivity contribution is 5.92. The molecule has 0 amide bonds. The number of esters is 1. The lowest BCUT2D eigenvalue weighted by Crippen LogP contribution is -2.09. The largest absolute Gasteiger partial charge is 0.508 e. The molecule has 0 radical (unpaired) electrons. The Hall–Kier alpha value is -2.62. The van der Waals surface area contributed by atoms with Crippen LogP contribution in [0.5, 0.6) is 11.5 Å². The number of benzene rings is 2. The van der Waals surface area contributed by atoms with Crippen molar-refractivity contribution < 1.29 is 19.4 Å². The number of carbonyl (C=O) groups is 2. The third-order valence-corrected chi connectivity index (χ3v) is 2.34. The molecule has 0 atom stereocenters. The Balaban J connectivity index is 2.27. The fourth-order valence-corrected chi connectivity index (χ4v) is 1.44. The molecule has 2 aromatic rings. The smallest absolute Gasteiger partial charge is 0.343 e. The Bertz CT molecular complexity index is 576. The molecule has 0 saturated carbocycles. The van der Waals surface area contributed by atoms with Crippen LogP contribution in [-0.4, -0.2) is 17.4 Å². The molecule has 2 aromatic carbocycles. The van der Waals surface area contributed by atoms with Crippen molar-refractivity contribution in [1.82, 2.24) is 0 Å². The maximum atomic E-state index is 11.8. The second-order valence-electron chi connectivity index (χ2n) is 3.60. The first-order valence-electron chi connectivity index (χ1n) is 5.26. The van der Waals surface area contributed by atoms with Crippen LogP contribution in [0, 0.1) is 0 Å². The molecular weight excluding hydrogens is 232 g/mol. The summed E-state index contributed by atoms with van der Waals surface area (Å²) in [5, 5.41) is 9.31. The average molecular weight is 242 g/mol. The number of phenols is 1. The van der Waals surface area contributed by atoms with Crippen molar-refractivity contribution in [3.05, 3.63) is 59.7 Å². The summed E-state index contributed by atoms with van der Waals surface area (Å²) >= 11 is 0. The van der Waals surface area contributed by atoms with E-state index in [1.165, 1.54) is 18.2 Å². The first-order valence-corrected chi connectivity index (χ1v) is 5.26. The van der Waals surface area contributed by atoms with Crippen LogP contribution in [0.2, 0.25) is 0 Å². The molecule has 1 N–H and O–H groups in total. The molecule has 0 spiro atoms. The van der Waals surface area contributed by atoms with Gasteiger partial charge in [-0.1, -0.05) is 18.2 Å². The van der Waals surface area contributed by atoms with Crippen LogP contribution in [-0.2, 0) is 0 Å². The molecule has 90 valence electrons. The molecule has 18 heavy (non-hydrogen) atoms. The van der Waals surface area contributed by atoms with Crippen molar-refractivity contribution in [3.63, 3.8) is 0 Å². The van der Waals surface area contributed by atoms with Gasteiger partial charge in [0.2, 0.25) is 0 Å². The third kappa shape index (κ3) is 2.55. The molecule has 4 heteroatoms. The van der Waals surface area contributed by atoms with Gasteiger partial charge in [0.1, 0.15) is 11.5 Å². The van der Waals surface area contributed by atoms with E-state index in [4.69, 9.17) is 4.74 Å². The van der Waals surface area contributed by atoms with Gasteiger partial charge in [-0.15, -0.1) is 0 Å². The minimum absolute atomic E-state index is 0.0406. The molecule has 0 aromatic heterocycles. The Morgan fingerprint density at radius 1 is 1.11 bits per heavy atom. The molecule has 0 fully saturated rings. The quantitative estimate of drug-likeness (QED) is 0.510. The number of aldehydes is 1. The Labute approximate surface area is 103 Å². The lowest BCUT2D eigenvalue weighted by molar-refractivity contribution is 0.0733. The maximum absolute atomic E-state index is 11.8. The number of hydrogen-bond donors (Lipinski definition) is 1. The lowest BCUT2D eigenvalue weighted by Gasteiger charge is -2.06. The van der Waals surface area contributed by atoms with Crippen molar-refractivity contribution in [2.45, 2.75) is 0 Å². The summed E-state index contributed by atoms with van der Waals surface area (Å²) in [6, 6.07) is 12.4. The summed E-state index contributed by atoms with van der Waals surface area (Å²) in [7, 11) is 0. The zero-order valence-corrected chi connectivity index (χ0v) is 9.37. The van der Waals surface area contributed by atoms with Gasteiger partial charge in [0.15, 0.2) is 6.29 Å². The third-order valence-electron chi connectivity index (χ3n) is 2.34. The number of hydrogen-bond acceptors (Lipinski definition) is 4. The topological polar surface area (TPSA) is 63.6 Å². The number of rotatable bonds is 3. The Kier molecular flexibility index (Phi) is 3.38. The number of phenolic OH excluding ortho intramolecular Hbond substituents is 1. The van der Waals surface area contributed by atoms with Crippen molar-refractivity contribution >= 4 is 12.3 Å². The van der Waals surface area contributed by atoms with Gasteiger partial charge in [0.05, 0.1) is 11.1 Å². The van der Waals surface area contributed by atoms with E-state index in [0.717, 1.165) is 0 Å². The molecular formula is C14H10O4. The average Bonchev–Trinajstić information content (AvgIpc) is 2.40. The molecule has 0 heterocycles. The highest BCUT2D eigenvalue weighted by atomic mass is 16.5. The predicted octanol–water partition coefficient (Wildman–Crippen LogP) is 2.42. The second kappa shape index (κ2) is 5.14. The number of ether oxygens (including phenoxy) is 1. The van der Waals surface area contributed by atoms with E-state index in [-0.39, 0.29) is 17.1 Å². The molecule has 2 rings (SSSR count). The van der Waals surface area contributed by atoms with Gasteiger partial charge < -0.3 is 9.84 Å². The standard InChI is InChI=1S/C14H10O4/c15-9-11-6-7-12(16)8-13(11)18-14(17)10-4-2-1-3-5-10/h1-9,16H. The fourth-order valence-electron chi connectivity index (χ4n) is 1.44. The minimum Gasteiger partial charge on any atom is -0.508 e. The van der Waals surface area contributed by atoms with E-state index in [2.05, 4.69) is 0 Å². The Morgan fingerprint density at radius 2 is 1.83 bits per heavy atom. The van der Waals surface area contributed by atoms with Crippen LogP contribution in [0.1, 0.15) is 20.7 Å². The maximum Gasteiger partial charge on any atom is 0.343 e. The molecule has 0 saturated heterocycles. The van der Waals surface area contributed by atoms with Crippen molar-refractivity contribution in [3.8, 4) is 11.5 Å². The zero-order valence-electron chi connectivity index (χ0n) is 9.37. The summed E-state index contributed by atoms with van der Waals surface area (Å²) in [5.74, 6) is -0.611. The van der Waals surface area contributed by atoms with Crippen LogP contribution in [0.3, 0.4) is 0 Å². The molecule has 4 nitrogen and oxygen atoms in total. The van der Waals surface area contributed by atoms with Crippen LogP contribution < -0.4 is 4.74 Å². The predicted molar refractivity (Wildman–Crippen MR) is 64.9 cm³/mol. The highest BCUT2D eigenvalue weighted by Gasteiger charge is 2.11. The van der Waals surface area contributed by atoms with E-state index in [1.807, 2.05) is 0 Å². The summed E-state index contributed by atoms with van der Waals surface area (Å²) in [6.07, 6.45) is 0.563. The van der Waals surface area contributed by atoms with Crippen molar-refractivity contribution in [2.24, 2.45) is 0 Å². The van der Waals surface area contributed by atoms with Gasteiger partial charge in [0, 0.05) is 6.07 Å². The van der Waals surface area contributed by atoms with Crippen molar-refractivity contribution in [1.29, 1.82) is 0 Å². The van der Waals surface area contributed by atoms with Crippen LogP contribution in [0.4, 0.5) is 0 Å². The normalized spacial score (nSPS) is 9.78. The van der Waals surface area contributed by atoms with Gasteiger partial charge >= 0.3 is 5.97 Å². The van der Waals surface area contributed by atoms with Gasteiger partial charge in [0.25, 0.3) is 0 Å². The fraction of sp³-hybridized carbons (Fsp3) is 0. The van der Waals surface area contributed by atoms with E-state index in [9.17, 15) is 14.7 Å². The highest BCUT2D eigenvalue weighted by Crippen LogP contribution is 2.23. The van der Waals surface area contributed by atoms with E-state index in [0.29, 0.717) is 11.8 Å². The SMILES string of the molecule is O=Cc1ccc(O)cc1OC(=O)c1ccccc1.